The number of aliphatic hydroxyl groups is 1. The number of sulfone groups is 1. The predicted octanol–water partition coefficient (Wildman–Crippen LogP) is 1.32. The quantitative estimate of drug-likeness (QED) is 0.913. The molecule has 0 aliphatic carbocycles. The van der Waals surface area contributed by atoms with E-state index in [1.54, 1.807) is 30.0 Å². The Morgan fingerprint density at radius 3 is 2.67 bits per heavy atom. The smallest absolute Gasteiger partial charge is 0.255 e. The van der Waals surface area contributed by atoms with Crippen LogP contribution in [0.1, 0.15) is 30.6 Å². The van der Waals surface area contributed by atoms with E-state index in [4.69, 9.17) is 0 Å². The predicted molar refractivity (Wildman–Crippen MR) is 79.9 cm³/mol. The molecule has 0 aromatic heterocycles. The van der Waals surface area contributed by atoms with Crippen molar-refractivity contribution >= 4 is 15.7 Å². The Morgan fingerprint density at radius 2 is 2.05 bits per heavy atom. The molecule has 116 valence electrons. The summed E-state index contributed by atoms with van der Waals surface area (Å²) in [5.41, 5.74) is 0.225. The molecule has 0 spiro atoms. The molecule has 0 saturated carbocycles. The number of benzene rings is 1. The van der Waals surface area contributed by atoms with Gasteiger partial charge >= 0.3 is 0 Å². The molecule has 6 heteroatoms. The average Bonchev–Trinajstić information content (AvgIpc) is 2.49. The van der Waals surface area contributed by atoms with E-state index in [0.29, 0.717) is 19.5 Å². The number of piperidine rings is 1. The Morgan fingerprint density at radius 1 is 1.38 bits per heavy atom. The van der Waals surface area contributed by atoms with Crippen LogP contribution in [0.4, 0.5) is 0 Å². The van der Waals surface area contributed by atoms with E-state index in [0.717, 1.165) is 0 Å². The van der Waals surface area contributed by atoms with Crippen LogP contribution < -0.4 is 0 Å². The molecule has 5 nitrogen and oxygen atoms in total. The highest BCUT2D eigenvalue weighted by atomic mass is 32.2. The lowest BCUT2D eigenvalue weighted by Gasteiger charge is -2.34. The summed E-state index contributed by atoms with van der Waals surface area (Å²) < 4.78 is 24.2. The number of hydrogen-bond acceptors (Lipinski definition) is 4. The van der Waals surface area contributed by atoms with Crippen molar-refractivity contribution in [2.24, 2.45) is 5.92 Å². The maximum absolute atomic E-state index is 12.6. The molecule has 1 saturated heterocycles. The number of aliphatic hydroxyl groups excluding tert-OH is 1. The van der Waals surface area contributed by atoms with Gasteiger partial charge in [0.05, 0.1) is 22.3 Å². The largest absolute Gasteiger partial charge is 0.393 e. The number of rotatable bonds is 3. The lowest BCUT2D eigenvalue weighted by atomic mass is 9.96. The Kier molecular flexibility index (Phi) is 4.68. The van der Waals surface area contributed by atoms with Crippen LogP contribution in [0.25, 0.3) is 0 Å². The molecule has 2 rings (SSSR count). The van der Waals surface area contributed by atoms with Gasteiger partial charge in [0.2, 0.25) is 0 Å². The summed E-state index contributed by atoms with van der Waals surface area (Å²) in [5.74, 6) is -0.314. The topological polar surface area (TPSA) is 74.7 Å². The third kappa shape index (κ3) is 3.27. The van der Waals surface area contributed by atoms with E-state index in [-0.39, 0.29) is 28.0 Å². The molecular weight excluding hydrogens is 290 g/mol. The van der Waals surface area contributed by atoms with Crippen LogP contribution in [0, 0.1) is 5.92 Å². The van der Waals surface area contributed by atoms with Crippen LogP contribution in [0.2, 0.25) is 0 Å². The molecule has 1 aliphatic rings. The average molecular weight is 311 g/mol. The fraction of sp³-hybridized carbons (Fsp3) is 0.533. The minimum atomic E-state index is -3.43. The summed E-state index contributed by atoms with van der Waals surface area (Å²) in [6.07, 6.45) is 0.124. The first-order valence-corrected chi connectivity index (χ1v) is 8.81. The van der Waals surface area contributed by atoms with Crippen LogP contribution in [0.15, 0.2) is 29.2 Å². The molecular formula is C15H21NO4S. The standard InChI is InChI=1S/C15H21NO4S/c1-3-21(19,20)14-7-5-4-6-12(14)15(18)16-9-8-13(17)11(2)10-16/h4-7,11,13,17H,3,8-10H2,1-2H3. The Labute approximate surface area is 125 Å². The van der Waals surface area contributed by atoms with Crippen molar-refractivity contribution < 1.29 is 18.3 Å². The summed E-state index contributed by atoms with van der Waals surface area (Å²) in [4.78, 5) is 14.3. The Bertz CT molecular complexity index is 626. The summed E-state index contributed by atoms with van der Waals surface area (Å²) in [6.45, 7) is 4.35. The van der Waals surface area contributed by atoms with Crippen molar-refractivity contribution in [3.63, 3.8) is 0 Å². The molecule has 1 N–H and O–H groups in total. The minimum Gasteiger partial charge on any atom is -0.393 e. The third-order valence-corrected chi connectivity index (χ3v) is 5.77. The van der Waals surface area contributed by atoms with Gasteiger partial charge in [-0.05, 0) is 24.5 Å². The van der Waals surface area contributed by atoms with Crippen LogP contribution >= 0.6 is 0 Å². The molecule has 1 aromatic carbocycles. The Hall–Kier alpha value is -1.40. The molecule has 2 atom stereocenters. The van der Waals surface area contributed by atoms with Gasteiger partial charge in [0.1, 0.15) is 0 Å². The molecule has 1 heterocycles. The van der Waals surface area contributed by atoms with Crippen molar-refractivity contribution in [2.75, 3.05) is 18.8 Å². The minimum absolute atomic E-state index is 0.00218. The van der Waals surface area contributed by atoms with Crippen molar-refractivity contribution in [3.8, 4) is 0 Å². The molecule has 21 heavy (non-hydrogen) atoms. The lowest BCUT2D eigenvalue weighted by molar-refractivity contribution is 0.0295. The van der Waals surface area contributed by atoms with Crippen molar-refractivity contribution in [1.82, 2.24) is 4.90 Å². The van der Waals surface area contributed by atoms with E-state index in [9.17, 15) is 18.3 Å². The second-order valence-corrected chi connectivity index (χ2v) is 7.73. The molecule has 2 unspecified atom stereocenters. The Balaban J connectivity index is 2.33. The van der Waals surface area contributed by atoms with Gasteiger partial charge in [-0.2, -0.15) is 0 Å². The van der Waals surface area contributed by atoms with E-state index in [1.165, 1.54) is 6.07 Å². The zero-order chi connectivity index (χ0) is 15.6. The number of nitrogens with zero attached hydrogens (tertiary/aromatic N) is 1. The highest BCUT2D eigenvalue weighted by Gasteiger charge is 2.30. The van der Waals surface area contributed by atoms with Gasteiger partial charge in [0.25, 0.3) is 5.91 Å². The number of hydrogen-bond donors (Lipinski definition) is 1. The van der Waals surface area contributed by atoms with Gasteiger partial charge < -0.3 is 10.0 Å². The first-order chi connectivity index (χ1) is 9.86. The molecule has 1 aliphatic heterocycles. The summed E-state index contributed by atoms with van der Waals surface area (Å²) in [6, 6.07) is 6.33. The summed E-state index contributed by atoms with van der Waals surface area (Å²) in [7, 11) is -3.43. The van der Waals surface area contributed by atoms with Crippen LogP contribution in [-0.2, 0) is 9.84 Å². The van der Waals surface area contributed by atoms with E-state index < -0.39 is 15.9 Å². The summed E-state index contributed by atoms with van der Waals surface area (Å²) in [5, 5.41) is 9.74. The molecule has 1 fully saturated rings. The zero-order valence-electron chi connectivity index (χ0n) is 12.3. The third-order valence-electron chi connectivity index (χ3n) is 3.98. The van der Waals surface area contributed by atoms with Crippen LogP contribution in [0.3, 0.4) is 0 Å². The zero-order valence-corrected chi connectivity index (χ0v) is 13.1. The van der Waals surface area contributed by atoms with Crippen molar-refractivity contribution in [1.29, 1.82) is 0 Å². The van der Waals surface area contributed by atoms with Gasteiger partial charge in [0.15, 0.2) is 9.84 Å². The van der Waals surface area contributed by atoms with Crippen LogP contribution in [0.5, 0.6) is 0 Å². The van der Waals surface area contributed by atoms with Gasteiger partial charge in [-0.15, -0.1) is 0 Å². The van der Waals surface area contributed by atoms with Crippen LogP contribution in [-0.4, -0.2) is 49.3 Å². The van der Waals surface area contributed by atoms with Crippen molar-refractivity contribution in [3.05, 3.63) is 29.8 Å². The molecule has 1 aromatic rings. The maximum Gasteiger partial charge on any atom is 0.255 e. The van der Waals surface area contributed by atoms with Gasteiger partial charge in [-0.3, -0.25) is 4.79 Å². The van der Waals surface area contributed by atoms with E-state index in [1.807, 2.05) is 6.92 Å². The number of carbonyl (C=O) groups is 1. The summed E-state index contributed by atoms with van der Waals surface area (Å²) >= 11 is 0. The highest BCUT2D eigenvalue weighted by Crippen LogP contribution is 2.23. The highest BCUT2D eigenvalue weighted by molar-refractivity contribution is 7.91. The first kappa shape index (κ1) is 16.0. The number of likely N-dealkylation sites (tertiary alicyclic amines) is 1. The number of amides is 1. The normalized spacial score (nSPS) is 23.1. The maximum atomic E-state index is 12.6. The van der Waals surface area contributed by atoms with Gasteiger partial charge in [0, 0.05) is 13.1 Å². The second-order valence-electron chi connectivity index (χ2n) is 5.48. The first-order valence-electron chi connectivity index (χ1n) is 7.16. The van der Waals surface area contributed by atoms with Gasteiger partial charge in [-0.1, -0.05) is 26.0 Å². The number of carbonyl (C=O) groups excluding carboxylic acids is 1. The monoisotopic (exact) mass is 311 g/mol. The molecule has 1 amide bonds. The molecule has 0 radical (unpaired) electrons. The van der Waals surface area contributed by atoms with E-state index in [2.05, 4.69) is 0 Å². The van der Waals surface area contributed by atoms with E-state index >= 15 is 0 Å². The van der Waals surface area contributed by atoms with Crippen molar-refractivity contribution in [2.45, 2.75) is 31.3 Å². The molecule has 0 bridgehead atoms. The second kappa shape index (κ2) is 6.15. The fourth-order valence-corrected chi connectivity index (χ4v) is 3.65. The van der Waals surface area contributed by atoms with Gasteiger partial charge in [-0.25, -0.2) is 8.42 Å². The fourth-order valence-electron chi connectivity index (χ4n) is 2.56. The lowest BCUT2D eigenvalue weighted by Crippen LogP contribution is -2.45. The SMILES string of the molecule is CCS(=O)(=O)c1ccccc1C(=O)N1CCC(O)C(C)C1.